The highest BCUT2D eigenvalue weighted by Gasteiger charge is 2.33. The molecule has 0 unspecified atom stereocenters. The Hall–Kier alpha value is -1.83. The van der Waals surface area contributed by atoms with Crippen LogP contribution in [-0.2, 0) is 14.4 Å². The monoisotopic (exact) mass is 329 g/mol. The molecular weight excluding hydrogens is 310 g/mol. The van der Waals surface area contributed by atoms with Crippen molar-refractivity contribution >= 4 is 17.9 Å². The van der Waals surface area contributed by atoms with Crippen molar-refractivity contribution in [3.8, 4) is 0 Å². The molecule has 0 aliphatic heterocycles. The summed E-state index contributed by atoms with van der Waals surface area (Å²) >= 11 is 0. The molecule has 12 heteroatoms. The third-order valence-corrected chi connectivity index (χ3v) is 2.06. The van der Waals surface area contributed by atoms with Gasteiger partial charge < -0.3 is 40.9 Å². The quantitative estimate of drug-likeness (QED) is 0.194. The molecule has 12 nitrogen and oxygen atoms in total. The van der Waals surface area contributed by atoms with Crippen molar-refractivity contribution in [2.75, 3.05) is 19.7 Å². The van der Waals surface area contributed by atoms with Crippen LogP contribution in [0.1, 0.15) is 0 Å². The summed E-state index contributed by atoms with van der Waals surface area (Å²) < 4.78 is 0. The fraction of sp³-hybridized carbons (Fsp3) is 0.700. The molecule has 0 aromatic carbocycles. The second-order valence-corrected chi connectivity index (χ2v) is 3.91. The maximum absolute atomic E-state index is 10.1. The van der Waals surface area contributed by atoms with E-state index < -0.39 is 48.9 Å². The van der Waals surface area contributed by atoms with Crippen LogP contribution in [0, 0.1) is 0 Å². The molecule has 0 saturated carbocycles. The molecule has 0 fully saturated rings. The highest BCUT2D eigenvalue weighted by Crippen LogP contribution is 2.04. The number of carboxylic acid groups (broad SMARTS) is 3. The number of aliphatic carboxylic acids is 3. The van der Waals surface area contributed by atoms with Gasteiger partial charge in [0.25, 0.3) is 0 Å². The van der Waals surface area contributed by atoms with Gasteiger partial charge >= 0.3 is 17.9 Å². The summed E-state index contributed by atoms with van der Waals surface area (Å²) in [6.45, 7) is -1.47. The molecule has 0 aromatic heterocycles. The molecule has 4 atom stereocenters. The predicted molar refractivity (Wildman–Crippen MR) is 66.9 cm³/mol. The lowest BCUT2D eigenvalue weighted by molar-refractivity contribution is -0.164. The van der Waals surface area contributed by atoms with Crippen LogP contribution in [0.3, 0.4) is 0 Å². The molecule has 0 bridgehead atoms. The van der Waals surface area contributed by atoms with Gasteiger partial charge in [0, 0.05) is 0 Å². The van der Waals surface area contributed by atoms with Crippen molar-refractivity contribution in [3.63, 3.8) is 0 Å². The second-order valence-electron chi connectivity index (χ2n) is 3.91. The van der Waals surface area contributed by atoms with Crippen LogP contribution in [0.4, 0.5) is 0 Å². The second kappa shape index (κ2) is 11.8. The highest BCUT2D eigenvalue weighted by atomic mass is 16.4. The van der Waals surface area contributed by atoms with Crippen LogP contribution in [0.5, 0.6) is 0 Å². The van der Waals surface area contributed by atoms with E-state index in [9.17, 15) is 14.4 Å². The average Bonchev–Trinajstić information content (AvgIpc) is 2.43. The normalized spacial score (nSPS) is 15.7. The van der Waals surface area contributed by atoms with E-state index in [0.29, 0.717) is 0 Å². The fourth-order valence-electron chi connectivity index (χ4n) is 0.945. The van der Waals surface area contributed by atoms with E-state index in [2.05, 4.69) is 5.32 Å². The lowest BCUT2D eigenvalue weighted by Crippen LogP contribution is -2.48. The summed E-state index contributed by atoms with van der Waals surface area (Å²) in [5, 5.41) is 69.9. The number of aliphatic hydroxyl groups is 5. The Balaban J connectivity index is 0. The van der Waals surface area contributed by atoms with E-state index in [1.54, 1.807) is 0 Å². The van der Waals surface area contributed by atoms with Crippen LogP contribution in [0.15, 0.2) is 0 Å². The van der Waals surface area contributed by atoms with Gasteiger partial charge in [-0.3, -0.25) is 14.9 Å². The van der Waals surface area contributed by atoms with E-state index in [1.807, 2.05) is 0 Å². The van der Waals surface area contributed by atoms with Crippen LogP contribution in [0.2, 0.25) is 0 Å². The number of aliphatic hydroxyl groups excluding tert-OH is 5. The first-order valence-corrected chi connectivity index (χ1v) is 5.74. The van der Waals surface area contributed by atoms with Gasteiger partial charge in [0.15, 0.2) is 6.10 Å². The van der Waals surface area contributed by atoms with Crippen LogP contribution in [0.25, 0.3) is 0 Å². The molecule has 22 heavy (non-hydrogen) atoms. The zero-order valence-corrected chi connectivity index (χ0v) is 11.2. The predicted octanol–water partition coefficient (Wildman–Crippen LogP) is -4.75. The first kappa shape index (κ1) is 22.5. The molecule has 0 heterocycles. The summed E-state index contributed by atoms with van der Waals surface area (Å²) in [4.78, 5) is 29.5. The Bertz CT molecular complexity index is 347. The number of hydrogen-bond donors (Lipinski definition) is 9. The third-order valence-electron chi connectivity index (χ3n) is 2.06. The van der Waals surface area contributed by atoms with Gasteiger partial charge in [0.1, 0.15) is 18.3 Å². The SMILES string of the molecule is O=C(O)CNCC(=O)O.O=C(O)[C@H](O)[C@@H](O)[C@H](O)[C@H](O)CO. The van der Waals surface area contributed by atoms with Crippen molar-refractivity contribution in [2.24, 2.45) is 0 Å². The van der Waals surface area contributed by atoms with Gasteiger partial charge in [-0.15, -0.1) is 0 Å². The Morgan fingerprint density at radius 2 is 1.23 bits per heavy atom. The zero-order valence-electron chi connectivity index (χ0n) is 11.2. The molecule has 0 aromatic rings. The fourth-order valence-corrected chi connectivity index (χ4v) is 0.945. The van der Waals surface area contributed by atoms with Crippen LogP contribution in [-0.4, -0.2) is 103 Å². The van der Waals surface area contributed by atoms with Gasteiger partial charge in [0.2, 0.25) is 0 Å². The summed E-state index contributed by atoms with van der Waals surface area (Å²) in [5.41, 5.74) is 0. The smallest absolute Gasteiger partial charge is 0.335 e. The number of rotatable bonds is 9. The van der Waals surface area contributed by atoms with Gasteiger partial charge in [-0.1, -0.05) is 0 Å². The number of carbonyl (C=O) groups is 3. The molecule has 0 saturated heterocycles. The van der Waals surface area contributed by atoms with E-state index >= 15 is 0 Å². The molecule has 9 N–H and O–H groups in total. The van der Waals surface area contributed by atoms with Crippen molar-refractivity contribution in [1.29, 1.82) is 0 Å². The van der Waals surface area contributed by atoms with Gasteiger partial charge in [-0.25, -0.2) is 4.79 Å². The standard InChI is InChI=1S/C6H12O7.C4H7NO4/c7-1-2(8)3(9)4(10)5(11)6(12)13;6-3(7)1-5-2-4(8)9/h2-5,7-11H,1H2,(H,12,13);5H,1-2H2,(H,6,7)(H,8,9)/t2-,3-,4+,5-;/m1./s1. The lowest BCUT2D eigenvalue weighted by Gasteiger charge is -2.23. The van der Waals surface area contributed by atoms with Crippen molar-refractivity contribution in [2.45, 2.75) is 24.4 Å². The Morgan fingerprint density at radius 3 is 1.50 bits per heavy atom. The molecule has 0 aliphatic carbocycles. The maximum Gasteiger partial charge on any atom is 0.335 e. The minimum Gasteiger partial charge on any atom is -0.480 e. The summed E-state index contributed by atoms with van der Waals surface area (Å²) in [6, 6.07) is 0. The molecule has 0 rings (SSSR count). The maximum atomic E-state index is 10.1. The molecule has 0 amide bonds. The molecule has 0 aliphatic rings. The van der Waals surface area contributed by atoms with E-state index in [0.717, 1.165) is 0 Å². The Labute approximate surface area is 123 Å². The Kier molecular flexibility index (Phi) is 12.0. The van der Waals surface area contributed by atoms with E-state index in [-0.39, 0.29) is 13.1 Å². The van der Waals surface area contributed by atoms with Gasteiger partial charge in [0.05, 0.1) is 19.7 Å². The van der Waals surface area contributed by atoms with Crippen LogP contribution >= 0.6 is 0 Å². The third kappa shape index (κ3) is 10.9. The Morgan fingerprint density at radius 1 is 0.818 bits per heavy atom. The average molecular weight is 329 g/mol. The summed E-state index contributed by atoms with van der Waals surface area (Å²) in [7, 11) is 0. The molecular formula is C10H19NO11. The van der Waals surface area contributed by atoms with E-state index in [1.165, 1.54) is 0 Å². The molecule has 0 radical (unpaired) electrons. The summed E-state index contributed by atoms with van der Waals surface area (Å²) in [5.74, 6) is -3.84. The number of carboxylic acids is 3. The first-order valence-electron chi connectivity index (χ1n) is 5.74. The van der Waals surface area contributed by atoms with Crippen molar-refractivity contribution < 1.29 is 55.2 Å². The topological polar surface area (TPSA) is 225 Å². The minimum atomic E-state index is -2.20. The molecule has 0 spiro atoms. The van der Waals surface area contributed by atoms with Crippen molar-refractivity contribution in [1.82, 2.24) is 5.32 Å². The van der Waals surface area contributed by atoms with Gasteiger partial charge in [-0.05, 0) is 0 Å². The highest BCUT2D eigenvalue weighted by molar-refractivity contribution is 5.73. The summed E-state index contributed by atoms with van der Waals surface area (Å²) in [6.07, 6.45) is -7.84. The van der Waals surface area contributed by atoms with E-state index in [4.69, 9.17) is 40.9 Å². The molecule has 130 valence electrons. The lowest BCUT2D eigenvalue weighted by atomic mass is 10.0. The van der Waals surface area contributed by atoms with Crippen LogP contribution < -0.4 is 5.32 Å². The minimum absolute atomic E-state index is 0.313. The largest absolute Gasteiger partial charge is 0.480 e. The number of hydrogen-bond acceptors (Lipinski definition) is 9. The number of nitrogens with one attached hydrogen (secondary N) is 1. The zero-order chi connectivity index (χ0) is 17.9. The first-order chi connectivity index (χ1) is 10.0. The van der Waals surface area contributed by atoms with Crippen molar-refractivity contribution in [3.05, 3.63) is 0 Å². The van der Waals surface area contributed by atoms with Gasteiger partial charge in [-0.2, -0.15) is 0 Å².